The standard InChI is InChI=1S/C25H21Cl2NO4/c1-32-25(31)28(22(24(29)30)13-11-15-10-12-20(26)21(27)14-15)23-18-8-4-2-6-16(18)17-7-3-5-9-19(17)23/h2-10,12,14,22-23H,11,13H2,1H3,(H,29,30)/t22-/m0/s1. The first kappa shape index (κ1) is 22.2. The Bertz CT molecular complexity index is 1130. The highest BCUT2D eigenvalue weighted by Crippen LogP contribution is 2.47. The van der Waals surface area contributed by atoms with E-state index in [2.05, 4.69) is 0 Å². The van der Waals surface area contributed by atoms with Crippen molar-refractivity contribution >= 4 is 35.3 Å². The Morgan fingerprint density at radius 2 is 1.56 bits per heavy atom. The van der Waals surface area contributed by atoms with Crippen LogP contribution in [0, 0.1) is 0 Å². The first-order valence-corrected chi connectivity index (χ1v) is 10.9. The van der Waals surface area contributed by atoms with Crippen molar-refractivity contribution in [1.29, 1.82) is 0 Å². The van der Waals surface area contributed by atoms with Gasteiger partial charge < -0.3 is 9.84 Å². The zero-order valence-corrected chi connectivity index (χ0v) is 18.8. The summed E-state index contributed by atoms with van der Waals surface area (Å²) in [6.45, 7) is 0. The Hall–Kier alpha value is -3.02. The van der Waals surface area contributed by atoms with Gasteiger partial charge in [-0.2, -0.15) is 0 Å². The van der Waals surface area contributed by atoms with E-state index in [0.717, 1.165) is 27.8 Å². The summed E-state index contributed by atoms with van der Waals surface area (Å²) >= 11 is 12.1. The number of hydrogen-bond donors (Lipinski definition) is 1. The highest BCUT2D eigenvalue weighted by Gasteiger charge is 2.42. The fourth-order valence-corrected chi connectivity index (χ4v) is 4.65. The molecule has 0 unspecified atom stereocenters. The maximum absolute atomic E-state index is 13.0. The maximum Gasteiger partial charge on any atom is 0.411 e. The van der Waals surface area contributed by atoms with Crippen LogP contribution in [-0.4, -0.2) is 35.2 Å². The van der Waals surface area contributed by atoms with Gasteiger partial charge in [0.2, 0.25) is 0 Å². The van der Waals surface area contributed by atoms with Crippen LogP contribution in [0.3, 0.4) is 0 Å². The van der Waals surface area contributed by atoms with Crippen LogP contribution in [-0.2, 0) is 16.0 Å². The van der Waals surface area contributed by atoms with Gasteiger partial charge in [-0.15, -0.1) is 0 Å². The zero-order valence-electron chi connectivity index (χ0n) is 17.3. The molecule has 0 radical (unpaired) electrons. The van der Waals surface area contributed by atoms with Gasteiger partial charge in [0.25, 0.3) is 0 Å². The second-order valence-corrected chi connectivity index (χ2v) is 8.41. The molecule has 0 fully saturated rings. The predicted octanol–water partition coefficient (Wildman–Crippen LogP) is 6.22. The molecule has 1 aliphatic carbocycles. The minimum Gasteiger partial charge on any atom is -0.480 e. The molecule has 3 aromatic carbocycles. The molecule has 4 rings (SSSR count). The van der Waals surface area contributed by atoms with Crippen molar-refractivity contribution in [2.75, 3.05) is 7.11 Å². The molecule has 0 aliphatic heterocycles. The second kappa shape index (κ2) is 9.23. The number of carbonyl (C=O) groups is 2. The number of rotatable bonds is 6. The molecule has 0 aromatic heterocycles. The first-order valence-electron chi connectivity index (χ1n) is 10.1. The van der Waals surface area contributed by atoms with Crippen molar-refractivity contribution in [3.8, 4) is 11.1 Å². The minimum absolute atomic E-state index is 0.184. The van der Waals surface area contributed by atoms with Crippen LogP contribution in [0.4, 0.5) is 4.79 Å². The summed E-state index contributed by atoms with van der Waals surface area (Å²) in [4.78, 5) is 26.7. The van der Waals surface area contributed by atoms with Crippen LogP contribution < -0.4 is 0 Å². The Balaban J connectivity index is 1.74. The number of nitrogens with zero attached hydrogens (tertiary/aromatic N) is 1. The Morgan fingerprint density at radius 1 is 0.969 bits per heavy atom. The molecule has 164 valence electrons. The molecule has 0 saturated heterocycles. The van der Waals surface area contributed by atoms with Crippen molar-refractivity contribution in [1.82, 2.24) is 4.90 Å². The monoisotopic (exact) mass is 469 g/mol. The van der Waals surface area contributed by atoms with E-state index < -0.39 is 24.1 Å². The number of fused-ring (bicyclic) bond motifs is 3. The Morgan fingerprint density at radius 3 is 2.09 bits per heavy atom. The molecule has 3 aromatic rings. The van der Waals surface area contributed by atoms with Gasteiger partial charge >= 0.3 is 12.1 Å². The highest BCUT2D eigenvalue weighted by molar-refractivity contribution is 6.42. The summed E-state index contributed by atoms with van der Waals surface area (Å²) in [7, 11) is 1.26. The fraction of sp³-hybridized carbons (Fsp3) is 0.200. The number of carboxylic acid groups (broad SMARTS) is 1. The van der Waals surface area contributed by atoms with E-state index in [1.807, 2.05) is 48.5 Å². The Labute approximate surface area is 196 Å². The number of carbonyl (C=O) groups excluding carboxylic acids is 1. The fourth-order valence-electron chi connectivity index (χ4n) is 4.33. The summed E-state index contributed by atoms with van der Waals surface area (Å²) in [5.41, 5.74) is 4.55. The number of aliphatic carboxylic acids is 1. The van der Waals surface area contributed by atoms with Crippen molar-refractivity contribution in [2.45, 2.75) is 24.9 Å². The number of carboxylic acids is 1. The van der Waals surface area contributed by atoms with E-state index >= 15 is 0 Å². The van der Waals surface area contributed by atoms with Crippen LogP contribution in [0.15, 0.2) is 66.7 Å². The largest absolute Gasteiger partial charge is 0.480 e. The van der Waals surface area contributed by atoms with Crippen LogP contribution in [0.5, 0.6) is 0 Å². The molecule has 0 saturated carbocycles. The van der Waals surface area contributed by atoms with Crippen LogP contribution in [0.1, 0.15) is 29.2 Å². The molecule has 1 N–H and O–H groups in total. The number of aryl methyl sites for hydroxylation is 1. The third kappa shape index (κ3) is 4.06. The molecule has 0 bridgehead atoms. The molecule has 5 nitrogen and oxygen atoms in total. The van der Waals surface area contributed by atoms with E-state index in [-0.39, 0.29) is 6.42 Å². The second-order valence-electron chi connectivity index (χ2n) is 7.60. The summed E-state index contributed by atoms with van der Waals surface area (Å²) in [6.07, 6.45) is -0.108. The number of ether oxygens (including phenoxy) is 1. The lowest BCUT2D eigenvalue weighted by atomic mass is 9.98. The molecule has 1 amide bonds. The van der Waals surface area contributed by atoms with Gasteiger partial charge in [0.05, 0.1) is 23.2 Å². The molecule has 7 heteroatoms. The van der Waals surface area contributed by atoms with Crippen molar-refractivity contribution < 1.29 is 19.4 Å². The molecule has 1 aliphatic rings. The van der Waals surface area contributed by atoms with Gasteiger partial charge in [-0.05, 0) is 52.8 Å². The van der Waals surface area contributed by atoms with E-state index in [9.17, 15) is 14.7 Å². The number of halogens is 2. The van der Waals surface area contributed by atoms with Gasteiger partial charge in [-0.3, -0.25) is 4.90 Å². The minimum atomic E-state index is -1.11. The topological polar surface area (TPSA) is 66.8 Å². The summed E-state index contributed by atoms with van der Waals surface area (Å²) in [6, 6.07) is 19.0. The molecular formula is C25H21Cl2NO4. The predicted molar refractivity (Wildman–Crippen MR) is 124 cm³/mol. The lowest BCUT2D eigenvalue weighted by Crippen LogP contribution is -2.47. The molecule has 32 heavy (non-hydrogen) atoms. The van der Waals surface area contributed by atoms with Gasteiger partial charge in [0, 0.05) is 0 Å². The van der Waals surface area contributed by atoms with Crippen molar-refractivity contribution in [2.24, 2.45) is 0 Å². The van der Waals surface area contributed by atoms with Crippen LogP contribution in [0.25, 0.3) is 11.1 Å². The number of amides is 1. The van der Waals surface area contributed by atoms with Gasteiger partial charge in [-0.1, -0.05) is 77.8 Å². The molecule has 0 spiro atoms. The first-order chi connectivity index (χ1) is 15.4. The van der Waals surface area contributed by atoms with E-state index in [1.165, 1.54) is 12.0 Å². The zero-order chi connectivity index (χ0) is 22.8. The van der Waals surface area contributed by atoms with E-state index in [0.29, 0.717) is 16.5 Å². The normalized spacial score (nSPS) is 13.2. The van der Waals surface area contributed by atoms with Crippen molar-refractivity contribution in [3.63, 3.8) is 0 Å². The Kier molecular flexibility index (Phi) is 6.40. The third-order valence-electron chi connectivity index (χ3n) is 5.78. The average molecular weight is 470 g/mol. The number of hydrogen-bond acceptors (Lipinski definition) is 3. The smallest absolute Gasteiger partial charge is 0.411 e. The molecular weight excluding hydrogens is 449 g/mol. The number of benzene rings is 3. The maximum atomic E-state index is 13.0. The summed E-state index contributed by atoms with van der Waals surface area (Å²) in [5, 5.41) is 11.0. The lowest BCUT2D eigenvalue weighted by molar-refractivity contribution is -0.143. The third-order valence-corrected chi connectivity index (χ3v) is 6.51. The van der Waals surface area contributed by atoms with Crippen LogP contribution >= 0.6 is 23.2 Å². The van der Waals surface area contributed by atoms with Crippen LogP contribution in [0.2, 0.25) is 10.0 Å². The SMILES string of the molecule is COC(=O)N(C1c2ccccc2-c2ccccc21)[C@@H](CCc1ccc(Cl)c(Cl)c1)C(=O)O. The van der Waals surface area contributed by atoms with E-state index in [4.69, 9.17) is 27.9 Å². The average Bonchev–Trinajstić information content (AvgIpc) is 3.12. The van der Waals surface area contributed by atoms with E-state index in [1.54, 1.807) is 18.2 Å². The summed E-state index contributed by atoms with van der Waals surface area (Å²) in [5.74, 6) is -1.10. The van der Waals surface area contributed by atoms with Gasteiger partial charge in [-0.25, -0.2) is 9.59 Å². The quantitative estimate of drug-likeness (QED) is 0.465. The van der Waals surface area contributed by atoms with Gasteiger partial charge in [0.1, 0.15) is 6.04 Å². The molecule has 0 heterocycles. The summed E-state index contributed by atoms with van der Waals surface area (Å²) < 4.78 is 5.06. The number of methoxy groups -OCH3 is 1. The lowest BCUT2D eigenvalue weighted by Gasteiger charge is -2.34. The van der Waals surface area contributed by atoms with Crippen molar-refractivity contribution in [3.05, 3.63) is 93.5 Å². The van der Waals surface area contributed by atoms with Gasteiger partial charge in [0.15, 0.2) is 0 Å². The highest BCUT2D eigenvalue weighted by atomic mass is 35.5. The molecule has 1 atom stereocenters.